The highest BCUT2D eigenvalue weighted by atomic mass is 79.9. The van der Waals surface area contributed by atoms with E-state index in [2.05, 4.69) is 93.3 Å². The average molecular weight is 442 g/mol. The Kier molecular flexibility index (Phi) is 4.40. The van der Waals surface area contributed by atoms with Crippen LogP contribution in [0.15, 0.2) is 93.8 Å². The van der Waals surface area contributed by atoms with Gasteiger partial charge >= 0.3 is 0 Å². The van der Waals surface area contributed by atoms with E-state index in [1.165, 1.54) is 16.3 Å². The molecule has 0 amide bonds. The normalized spacial score (nSPS) is 11.3. The van der Waals surface area contributed by atoms with E-state index in [1.54, 1.807) is 0 Å². The lowest BCUT2D eigenvalue weighted by Crippen LogP contribution is -1.92. The van der Waals surface area contributed by atoms with Gasteiger partial charge in [-0.1, -0.05) is 66.2 Å². The van der Waals surface area contributed by atoms with Gasteiger partial charge in [0.05, 0.1) is 16.4 Å². The Hall–Kier alpha value is -3.04. The van der Waals surface area contributed by atoms with Crippen molar-refractivity contribution in [1.82, 2.24) is 4.57 Å². The second-order valence-corrected chi connectivity index (χ2v) is 7.68. The van der Waals surface area contributed by atoms with Crippen LogP contribution in [0, 0.1) is 0 Å². The Bertz CT molecular complexity index is 1470. The summed E-state index contributed by atoms with van der Waals surface area (Å²) < 4.78 is 9.71. The highest BCUT2D eigenvalue weighted by molar-refractivity contribution is 9.10. The second-order valence-electron chi connectivity index (χ2n) is 6.76. The van der Waals surface area contributed by atoms with E-state index in [0.717, 1.165) is 37.6 Å². The standard InChI is InChI=1S/C24H14BrNO.C2H6/c25-15-9-11-16(12-10-15)26-20-7-3-1-6-19(20)23-21(26)14-13-18-17-5-2-4-8-22(17)27-24(18)23;1-2/h1-14H;1-2H3. The van der Waals surface area contributed by atoms with Gasteiger partial charge in [-0.05, 0) is 48.5 Å². The van der Waals surface area contributed by atoms with Crippen LogP contribution in [0.25, 0.3) is 49.4 Å². The first-order chi connectivity index (χ1) is 14.3. The van der Waals surface area contributed by atoms with Crippen molar-refractivity contribution in [3.63, 3.8) is 0 Å². The molecule has 2 nitrogen and oxygen atoms in total. The van der Waals surface area contributed by atoms with Crippen LogP contribution >= 0.6 is 15.9 Å². The molecule has 4 aromatic carbocycles. The molecule has 0 aliphatic rings. The van der Waals surface area contributed by atoms with Crippen molar-refractivity contribution < 1.29 is 4.42 Å². The molecule has 0 saturated carbocycles. The van der Waals surface area contributed by atoms with Gasteiger partial charge in [0.25, 0.3) is 0 Å². The summed E-state index contributed by atoms with van der Waals surface area (Å²) in [6.45, 7) is 4.00. The number of halogens is 1. The third-order valence-electron chi connectivity index (χ3n) is 5.26. The topological polar surface area (TPSA) is 18.1 Å². The monoisotopic (exact) mass is 441 g/mol. The quantitative estimate of drug-likeness (QED) is 0.250. The highest BCUT2D eigenvalue weighted by Crippen LogP contribution is 2.40. The summed E-state index contributed by atoms with van der Waals surface area (Å²) in [7, 11) is 0. The second kappa shape index (κ2) is 7.09. The fraction of sp³-hybridized carbons (Fsp3) is 0.0769. The van der Waals surface area contributed by atoms with Gasteiger partial charge in [-0.2, -0.15) is 0 Å². The lowest BCUT2D eigenvalue weighted by Gasteiger charge is -2.07. The minimum Gasteiger partial charge on any atom is -0.455 e. The van der Waals surface area contributed by atoms with E-state index >= 15 is 0 Å². The number of hydrogen-bond donors (Lipinski definition) is 0. The van der Waals surface area contributed by atoms with Crippen LogP contribution in [0.3, 0.4) is 0 Å². The largest absolute Gasteiger partial charge is 0.455 e. The fourth-order valence-corrected chi connectivity index (χ4v) is 4.37. The zero-order valence-corrected chi connectivity index (χ0v) is 17.9. The molecular formula is C26H20BrNO. The number of furan rings is 1. The maximum absolute atomic E-state index is 6.32. The summed E-state index contributed by atoms with van der Waals surface area (Å²) >= 11 is 3.54. The van der Waals surface area contributed by atoms with Crippen LogP contribution in [-0.4, -0.2) is 4.57 Å². The SMILES string of the molecule is Brc1ccc(-n2c3ccccc3c3c4oc5ccccc5c4ccc32)cc1.CC. The zero-order chi connectivity index (χ0) is 20.0. The summed E-state index contributed by atoms with van der Waals surface area (Å²) in [6, 6.07) is 29.6. The smallest absolute Gasteiger partial charge is 0.145 e. The van der Waals surface area contributed by atoms with E-state index in [9.17, 15) is 0 Å². The van der Waals surface area contributed by atoms with Crippen molar-refractivity contribution in [3.05, 3.63) is 89.4 Å². The zero-order valence-electron chi connectivity index (χ0n) is 16.3. The molecule has 2 heterocycles. The van der Waals surface area contributed by atoms with Crippen molar-refractivity contribution in [3.8, 4) is 5.69 Å². The molecule has 0 aliphatic heterocycles. The van der Waals surface area contributed by atoms with Gasteiger partial charge in [0.2, 0.25) is 0 Å². The van der Waals surface area contributed by atoms with Crippen LogP contribution in [0.1, 0.15) is 13.8 Å². The van der Waals surface area contributed by atoms with Crippen LogP contribution in [0.4, 0.5) is 0 Å². The molecule has 0 N–H and O–H groups in total. The Morgan fingerprint density at radius 1 is 0.655 bits per heavy atom. The molecule has 0 unspecified atom stereocenters. The van der Waals surface area contributed by atoms with Crippen LogP contribution in [0.5, 0.6) is 0 Å². The first kappa shape index (κ1) is 18.0. The molecule has 142 valence electrons. The molecule has 29 heavy (non-hydrogen) atoms. The predicted molar refractivity (Wildman–Crippen MR) is 127 cm³/mol. The van der Waals surface area contributed by atoms with E-state index in [4.69, 9.17) is 4.42 Å². The highest BCUT2D eigenvalue weighted by Gasteiger charge is 2.17. The van der Waals surface area contributed by atoms with E-state index < -0.39 is 0 Å². The van der Waals surface area contributed by atoms with Gasteiger partial charge in [0.15, 0.2) is 0 Å². The molecule has 0 aliphatic carbocycles. The summed E-state index contributed by atoms with van der Waals surface area (Å²) in [6.07, 6.45) is 0. The number of para-hydroxylation sites is 2. The first-order valence-electron chi connectivity index (χ1n) is 9.90. The fourth-order valence-electron chi connectivity index (χ4n) is 4.10. The number of nitrogens with zero attached hydrogens (tertiary/aromatic N) is 1. The maximum Gasteiger partial charge on any atom is 0.145 e. The van der Waals surface area contributed by atoms with E-state index in [-0.39, 0.29) is 0 Å². The maximum atomic E-state index is 6.32. The van der Waals surface area contributed by atoms with E-state index in [1.807, 2.05) is 26.0 Å². The summed E-state index contributed by atoms with van der Waals surface area (Å²) in [5, 5.41) is 4.70. The molecule has 6 rings (SSSR count). The lowest BCUT2D eigenvalue weighted by molar-refractivity contribution is 0.673. The average Bonchev–Trinajstić information content (AvgIpc) is 3.31. The van der Waals surface area contributed by atoms with Gasteiger partial charge in [-0.15, -0.1) is 0 Å². The summed E-state index contributed by atoms with van der Waals surface area (Å²) in [4.78, 5) is 0. The van der Waals surface area contributed by atoms with Crippen molar-refractivity contribution in [2.24, 2.45) is 0 Å². The number of fused-ring (bicyclic) bond motifs is 7. The molecule has 0 spiro atoms. The molecule has 0 radical (unpaired) electrons. The molecular weight excluding hydrogens is 422 g/mol. The molecule has 0 saturated heterocycles. The van der Waals surface area contributed by atoms with Crippen LogP contribution in [0.2, 0.25) is 0 Å². The van der Waals surface area contributed by atoms with Gasteiger partial charge in [0.1, 0.15) is 11.2 Å². The number of benzene rings is 4. The summed E-state index contributed by atoms with van der Waals surface area (Å²) in [5.41, 5.74) is 5.37. The molecule has 6 aromatic rings. The molecule has 3 heteroatoms. The van der Waals surface area contributed by atoms with Crippen LogP contribution < -0.4 is 0 Å². The summed E-state index contributed by atoms with van der Waals surface area (Å²) in [5.74, 6) is 0. The predicted octanol–water partition coefficient (Wildman–Crippen LogP) is 8.47. The first-order valence-corrected chi connectivity index (χ1v) is 10.7. The minimum absolute atomic E-state index is 0.931. The third kappa shape index (κ3) is 2.69. The lowest BCUT2D eigenvalue weighted by atomic mass is 10.1. The molecule has 0 bridgehead atoms. The number of aromatic nitrogens is 1. The Labute approximate surface area is 177 Å². The Morgan fingerprint density at radius 2 is 1.34 bits per heavy atom. The molecule has 0 fully saturated rings. The van der Waals surface area contributed by atoms with Crippen molar-refractivity contribution in [2.75, 3.05) is 0 Å². The van der Waals surface area contributed by atoms with E-state index in [0.29, 0.717) is 0 Å². The number of rotatable bonds is 1. The number of hydrogen-bond acceptors (Lipinski definition) is 1. The van der Waals surface area contributed by atoms with Crippen molar-refractivity contribution >= 4 is 59.7 Å². The molecule has 0 atom stereocenters. The van der Waals surface area contributed by atoms with Gasteiger partial charge < -0.3 is 8.98 Å². The van der Waals surface area contributed by atoms with Gasteiger partial charge in [-0.3, -0.25) is 0 Å². The van der Waals surface area contributed by atoms with Crippen molar-refractivity contribution in [2.45, 2.75) is 13.8 Å². The van der Waals surface area contributed by atoms with Gasteiger partial charge in [-0.25, -0.2) is 0 Å². The van der Waals surface area contributed by atoms with Gasteiger partial charge in [0, 0.05) is 26.3 Å². The minimum atomic E-state index is 0.931. The Morgan fingerprint density at radius 3 is 2.14 bits per heavy atom. The third-order valence-corrected chi connectivity index (χ3v) is 5.79. The Balaban J connectivity index is 0.000000882. The molecule has 2 aromatic heterocycles. The van der Waals surface area contributed by atoms with Crippen LogP contribution in [-0.2, 0) is 0 Å². The van der Waals surface area contributed by atoms with Crippen molar-refractivity contribution in [1.29, 1.82) is 0 Å².